The molecule has 0 bridgehead atoms. The van der Waals surface area contributed by atoms with E-state index in [1.807, 2.05) is 76.2 Å². The summed E-state index contributed by atoms with van der Waals surface area (Å²) in [7, 11) is 0. The zero-order valence-corrected chi connectivity index (χ0v) is 51.6. The summed E-state index contributed by atoms with van der Waals surface area (Å²) in [5, 5.41) is 88.9. The van der Waals surface area contributed by atoms with E-state index in [1.165, 1.54) is 0 Å². The van der Waals surface area contributed by atoms with Crippen LogP contribution in [-0.2, 0) is 16.0 Å². The van der Waals surface area contributed by atoms with Gasteiger partial charge in [0.05, 0.1) is 0 Å². The highest BCUT2D eigenvalue weighted by Gasteiger charge is 2.35. The Bertz CT molecular complexity index is 3020. The van der Waals surface area contributed by atoms with Crippen molar-refractivity contribution in [1.82, 2.24) is 0 Å². The topological polar surface area (TPSA) is 214 Å². The fourth-order valence-corrected chi connectivity index (χ4v) is 15.4. The van der Waals surface area contributed by atoms with E-state index in [4.69, 9.17) is 9.47 Å². The van der Waals surface area contributed by atoms with Gasteiger partial charge in [0.25, 0.3) is 0 Å². The Labute approximate surface area is 514 Å². The van der Waals surface area contributed by atoms with Gasteiger partial charge < -0.3 is 50.3 Å². The van der Waals surface area contributed by atoms with E-state index in [-0.39, 0.29) is 59.5 Å². The molecule has 0 amide bonds. The van der Waals surface area contributed by atoms with E-state index in [2.05, 4.69) is 36.4 Å². The van der Waals surface area contributed by atoms with Crippen LogP contribution >= 0.6 is 0 Å². The maximum Gasteiger partial charge on any atom is 0.344 e. The lowest BCUT2D eigenvalue weighted by atomic mass is 9.75. The monoisotopic (exact) mass is 1180 g/mol. The minimum absolute atomic E-state index is 0.147. The molecule has 4 fully saturated rings. The van der Waals surface area contributed by atoms with Crippen molar-refractivity contribution in [1.29, 1.82) is 0 Å². The molecule has 10 rings (SSSR count). The Morgan fingerprint density at radius 2 is 0.655 bits per heavy atom. The number of carboxylic acid groups (broad SMARTS) is 2. The molecule has 2 unspecified atom stereocenters. The van der Waals surface area contributed by atoms with E-state index in [0.717, 1.165) is 206 Å². The number of hydrogen-bond acceptors (Lipinski definition) is 10. The minimum atomic E-state index is -1.38. The highest BCUT2D eigenvalue weighted by Crippen LogP contribution is 2.51. The second kappa shape index (κ2) is 28.4. The number of phenols is 4. The molecule has 6 aromatic carbocycles. The van der Waals surface area contributed by atoms with Crippen LogP contribution in [0.25, 0.3) is 0 Å². The molecule has 12 heteroatoms. The molecular weight excluding hydrogens is 1090 g/mol. The van der Waals surface area contributed by atoms with Crippen molar-refractivity contribution in [3.8, 4) is 34.5 Å². The number of benzene rings is 6. The zero-order chi connectivity index (χ0) is 61.5. The maximum atomic E-state index is 13.0. The van der Waals surface area contributed by atoms with Crippen molar-refractivity contribution in [2.45, 2.75) is 223 Å². The largest absolute Gasteiger partial charge is 0.508 e. The van der Waals surface area contributed by atoms with Gasteiger partial charge in [-0.2, -0.15) is 0 Å². The molecule has 464 valence electrons. The maximum absolute atomic E-state index is 13.0. The SMILES string of the molecule is Cc1cc(O)c(C2CCCCC2)cc1C(c1cc(C2CCCCC2)c(O)cc1C)c1cc(Cc2ccc(OC(CCO)C(=O)O)c(C(c3cc(C4CCCCC4)c(O)cc3C)c3cc(C4CCCCC4)c(O)cc3C)c2)ccc1OC(CCO)C(=O)O. The number of ether oxygens (including phenoxy) is 2. The molecule has 12 nitrogen and oxygen atoms in total. The van der Waals surface area contributed by atoms with E-state index in [9.17, 15) is 50.4 Å². The van der Waals surface area contributed by atoms with Gasteiger partial charge in [-0.3, -0.25) is 0 Å². The summed E-state index contributed by atoms with van der Waals surface area (Å²) in [6, 6.07) is 27.7. The van der Waals surface area contributed by atoms with Crippen LogP contribution in [0.1, 0.15) is 266 Å². The van der Waals surface area contributed by atoms with E-state index >= 15 is 0 Å². The molecule has 0 aromatic heterocycles. The standard InChI is InChI=1S/C75H92O12/c1-44-33-64(78)58(50-17-9-5-10-18-50)40-54(44)72(55-41-59(65(79)34-45(55)2)51-19-11-6-12-20-51)62-38-48(25-27-68(62)86-70(29-31-76)74(82)83)37-49-26-28-69(87-71(30-32-77)75(84)85)63(39-49)73(56-42-60(66(80)35-46(56)3)52-21-13-7-14-22-52)57-43-61(67(81)36-47(57)4)53-23-15-8-16-24-53/h25-28,33-36,38-43,50-53,70-73,76-81H,5-24,29-32,37H2,1-4H3,(H,82,83)(H,84,85). The van der Waals surface area contributed by atoms with Crippen LogP contribution in [-0.4, -0.2) is 78.2 Å². The number of hydrogen-bond donors (Lipinski definition) is 8. The van der Waals surface area contributed by atoms with Gasteiger partial charge in [-0.1, -0.05) is 126 Å². The predicted molar refractivity (Wildman–Crippen MR) is 340 cm³/mol. The van der Waals surface area contributed by atoms with E-state index in [0.29, 0.717) is 29.0 Å². The summed E-state index contributed by atoms with van der Waals surface area (Å²) in [6.45, 7) is 7.17. The number of aryl methyl sites for hydroxylation is 4. The van der Waals surface area contributed by atoms with Gasteiger partial charge in [0.2, 0.25) is 0 Å². The summed E-state index contributed by atoms with van der Waals surface area (Å²) >= 11 is 0. The molecule has 2 atom stereocenters. The summed E-state index contributed by atoms with van der Waals surface area (Å²) in [4.78, 5) is 26.0. The first-order valence-corrected chi connectivity index (χ1v) is 32.6. The van der Waals surface area contributed by atoms with Gasteiger partial charge in [-0.25, -0.2) is 9.59 Å². The lowest BCUT2D eigenvalue weighted by Gasteiger charge is -2.31. The average Bonchev–Trinajstić information content (AvgIpc) is 1.10. The molecule has 87 heavy (non-hydrogen) atoms. The molecule has 0 spiro atoms. The molecule has 4 saturated carbocycles. The second-order valence-corrected chi connectivity index (χ2v) is 26.1. The van der Waals surface area contributed by atoms with Crippen LogP contribution in [0, 0.1) is 27.7 Å². The van der Waals surface area contributed by atoms with Crippen molar-refractivity contribution in [2.75, 3.05) is 13.2 Å². The third-order valence-electron chi connectivity index (χ3n) is 20.1. The first kappa shape index (κ1) is 63.0. The van der Waals surface area contributed by atoms with Crippen LogP contribution in [0.5, 0.6) is 34.5 Å². The molecule has 0 aliphatic heterocycles. The fraction of sp³-hybridized carbons (Fsp3) is 0.493. The Morgan fingerprint density at radius 1 is 0.391 bits per heavy atom. The third kappa shape index (κ3) is 14.3. The van der Waals surface area contributed by atoms with Crippen LogP contribution in [0.2, 0.25) is 0 Å². The normalized spacial score (nSPS) is 17.4. The number of carboxylic acids is 2. The molecule has 0 radical (unpaired) electrons. The molecule has 8 N–H and O–H groups in total. The fourth-order valence-electron chi connectivity index (χ4n) is 15.4. The van der Waals surface area contributed by atoms with Gasteiger partial charge in [-0.05, 0) is 223 Å². The van der Waals surface area contributed by atoms with Crippen molar-refractivity contribution in [3.05, 3.63) is 174 Å². The summed E-state index contributed by atoms with van der Waals surface area (Å²) in [5.41, 5.74) is 13.6. The summed E-state index contributed by atoms with van der Waals surface area (Å²) in [6.07, 6.45) is 17.9. The van der Waals surface area contributed by atoms with Crippen molar-refractivity contribution >= 4 is 11.9 Å². The first-order valence-electron chi connectivity index (χ1n) is 32.6. The Morgan fingerprint density at radius 3 is 0.897 bits per heavy atom. The van der Waals surface area contributed by atoms with Gasteiger partial charge in [0.15, 0.2) is 12.2 Å². The van der Waals surface area contributed by atoms with Crippen LogP contribution < -0.4 is 9.47 Å². The number of aliphatic carboxylic acids is 2. The van der Waals surface area contributed by atoms with E-state index < -0.39 is 49.2 Å². The summed E-state index contributed by atoms with van der Waals surface area (Å²) in [5.74, 6) is -1.37. The van der Waals surface area contributed by atoms with Gasteiger partial charge in [0.1, 0.15) is 34.5 Å². The number of rotatable bonds is 22. The van der Waals surface area contributed by atoms with Crippen molar-refractivity contribution < 1.29 is 59.9 Å². The van der Waals surface area contributed by atoms with Crippen molar-refractivity contribution in [3.63, 3.8) is 0 Å². The third-order valence-corrected chi connectivity index (χ3v) is 20.1. The van der Waals surface area contributed by atoms with Crippen LogP contribution in [0.3, 0.4) is 0 Å². The number of aliphatic hydroxyl groups is 2. The number of aliphatic hydroxyl groups excluding tert-OH is 2. The van der Waals surface area contributed by atoms with Crippen LogP contribution in [0.4, 0.5) is 0 Å². The quantitative estimate of drug-likeness (QED) is 0.0298. The molecule has 0 heterocycles. The number of phenolic OH excluding ortho intramolecular Hbond substituents is 4. The van der Waals surface area contributed by atoms with Crippen molar-refractivity contribution in [2.24, 2.45) is 0 Å². The highest BCUT2D eigenvalue weighted by atomic mass is 16.5. The number of carbonyl (C=O) groups is 2. The van der Waals surface area contributed by atoms with Crippen LogP contribution in [0.15, 0.2) is 84.9 Å². The van der Waals surface area contributed by atoms with Gasteiger partial charge in [0, 0.05) is 49.0 Å². The van der Waals surface area contributed by atoms with E-state index in [1.54, 1.807) is 0 Å². The summed E-state index contributed by atoms with van der Waals surface area (Å²) < 4.78 is 13.2. The zero-order valence-electron chi connectivity index (χ0n) is 51.6. The lowest BCUT2D eigenvalue weighted by Crippen LogP contribution is -2.29. The average molecular weight is 1190 g/mol. The second-order valence-electron chi connectivity index (χ2n) is 26.1. The highest BCUT2D eigenvalue weighted by molar-refractivity contribution is 5.74. The smallest absolute Gasteiger partial charge is 0.344 e. The molecule has 0 saturated heterocycles. The molecular formula is C75H92O12. The molecule has 6 aromatic rings. The Balaban J connectivity index is 1.20. The molecule has 4 aliphatic rings. The number of aromatic hydroxyl groups is 4. The minimum Gasteiger partial charge on any atom is -0.508 e. The lowest BCUT2D eigenvalue weighted by molar-refractivity contribution is -0.146. The molecule has 4 aliphatic carbocycles. The van der Waals surface area contributed by atoms with Gasteiger partial charge >= 0.3 is 11.9 Å². The Hall–Kier alpha value is -7.02. The first-order chi connectivity index (χ1) is 42.0. The Kier molecular flexibility index (Phi) is 20.6. The van der Waals surface area contributed by atoms with Gasteiger partial charge in [-0.15, -0.1) is 0 Å². The predicted octanol–water partition coefficient (Wildman–Crippen LogP) is 16.3.